The molecule has 0 unspecified atom stereocenters. The van der Waals surface area contributed by atoms with Gasteiger partial charge in [0.05, 0.1) is 6.61 Å². The average molecular weight is 207 g/mol. The lowest BCUT2D eigenvalue weighted by Gasteiger charge is -2.04. The first kappa shape index (κ1) is 9.35. The van der Waals surface area contributed by atoms with Crippen LogP contribution in [0.2, 0.25) is 5.02 Å². The Kier molecular flexibility index (Phi) is 2.60. The molecule has 2 rings (SSSR count). The predicted molar refractivity (Wildman–Crippen MR) is 60.1 cm³/mol. The van der Waals surface area contributed by atoms with Gasteiger partial charge < -0.3 is 4.74 Å². The Morgan fingerprint density at radius 3 is 2.64 bits per heavy atom. The van der Waals surface area contributed by atoms with Gasteiger partial charge in [0.25, 0.3) is 0 Å². The molecule has 0 aliphatic rings. The topological polar surface area (TPSA) is 9.23 Å². The highest BCUT2D eigenvalue weighted by Crippen LogP contribution is 2.23. The third-order valence-electron chi connectivity index (χ3n) is 2.08. The predicted octanol–water partition coefficient (Wildman–Crippen LogP) is 3.89. The largest absolute Gasteiger partial charge is 0.494 e. The summed E-state index contributed by atoms with van der Waals surface area (Å²) >= 11 is 5.91. The maximum Gasteiger partial charge on any atom is 0.119 e. The standard InChI is InChI=1S/C12H11ClO/c1-2-14-12-6-4-9-3-5-11(13)7-10(9)8-12/h3-8H,2H2,1H3. The molecule has 0 amide bonds. The first-order valence-electron chi connectivity index (χ1n) is 4.61. The number of benzene rings is 2. The number of halogens is 1. The Labute approximate surface area is 88.3 Å². The van der Waals surface area contributed by atoms with Crippen LogP contribution < -0.4 is 4.74 Å². The van der Waals surface area contributed by atoms with E-state index in [9.17, 15) is 0 Å². The van der Waals surface area contributed by atoms with E-state index in [4.69, 9.17) is 16.3 Å². The van der Waals surface area contributed by atoms with Crippen LogP contribution in [0.15, 0.2) is 36.4 Å². The van der Waals surface area contributed by atoms with Crippen LogP contribution in [0.5, 0.6) is 5.75 Å². The summed E-state index contributed by atoms with van der Waals surface area (Å²) < 4.78 is 5.41. The van der Waals surface area contributed by atoms with Crippen LogP contribution in [0.25, 0.3) is 10.8 Å². The second kappa shape index (κ2) is 3.89. The Balaban J connectivity index is 2.52. The van der Waals surface area contributed by atoms with E-state index in [1.807, 2.05) is 43.3 Å². The van der Waals surface area contributed by atoms with E-state index in [0.29, 0.717) is 6.61 Å². The molecule has 2 heteroatoms. The van der Waals surface area contributed by atoms with E-state index in [1.54, 1.807) is 0 Å². The summed E-state index contributed by atoms with van der Waals surface area (Å²) in [6.07, 6.45) is 0. The van der Waals surface area contributed by atoms with Crippen LogP contribution >= 0.6 is 11.6 Å². The van der Waals surface area contributed by atoms with Crippen LogP contribution in [-0.2, 0) is 0 Å². The van der Waals surface area contributed by atoms with Crippen molar-refractivity contribution in [2.45, 2.75) is 6.92 Å². The molecule has 2 aromatic rings. The molecule has 0 atom stereocenters. The molecule has 0 saturated carbocycles. The van der Waals surface area contributed by atoms with Crippen molar-refractivity contribution in [3.63, 3.8) is 0 Å². The van der Waals surface area contributed by atoms with Gasteiger partial charge in [-0.2, -0.15) is 0 Å². The highest BCUT2D eigenvalue weighted by molar-refractivity contribution is 6.31. The van der Waals surface area contributed by atoms with Gasteiger partial charge in [-0.05, 0) is 42.0 Å². The Morgan fingerprint density at radius 2 is 1.86 bits per heavy atom. The number of hydrogen-bond acceptors (Lipinski definition) is 1. The second-order valence-electron chi connectivity index (χ2n) is 3.09. The molecule has 0 radical (unpaired) electrons. The third kappa shape index (κ3) is 1.83. The van der Waals surface area contributed by atoms with Crippen molar-refractivity contribution in [1.29, 1.82) is 0 Å². The number of rotatable bonds is 2. The van der Waals surface area contributed by atoms with Crippen LogP contribution in [-0.4, -0.2) is 6.61 Å². The molecule has 0 heterocycles. The molecule has 0 aliphatic carbocycles. The Hall–Kier alpha value is -1.21. The summed E-state index contributed by atoms with van der Waals surface area (Å²) in [6, 6.07) is 11.9. The first-order chi connectivity index (χ1) is 6.79. The molecular formula is C12H11ClO. The normalized spacial score (nSPS) is 10.4. The molecule has 2 aromatic carbocycles. The minimum absolute atomic E-state index is 0.687. The van der Waals surface area contributed by atoms with Crippen molar-refractivity contribution in [2.24, 2.45) is 0 Å². The summed E-state index contributed by atoms with van der Waals surface area (Å²) in [5, 5.41) is 3.05. The molecule has 1 nitrogen and oxygen atoms in total. The van der Waals surface area contributed by atoms with Gasteiger partial charge in [0, 0.05) is 5.02 Å². The first-order valence-corrected chi connectivity index (χ1v) is 4.99. The lowest BCUT2D eigenvalue weighted by molar-refractivity contribution is 0.341. The quantitative estimate of drug-likeness (QED) is 0.725. The smallest absolute Gasteiger partial charge is 0.119 e. The molecule has 0 aromatic heterocycles. The molecule has 0 fully saturated rings. The van der Waals surface area contributed by atoms with E-state index >= 15 is 0 Å². The van der Waals surface area contributed by atoms with Crippen molar-refractivity contribution in [2.75, 3.05) is 6.61 Å². The zero-order chi connectivity index (χ0) is 9.97. The van der Waals surface area contributed by atoms with E-state index in [0.717, 1.165) is 16.2 Å². The van der Waals surface area contributed by atoms with Crippen LogP contribution in [0, 0.1) is 0 Å². The molecule has 72 valence electrons. The molecule has 0 aliphatic heterocycles. The zero-order valence-electron chi connectivity index (χ0n) is 7.96. The van der Waals surface area contributed by atoms with Crippen molar-refractivity contribution in [1.82, 2.24) is 0 Å². The average Bonchev–Trinajstić information content (AvgIpc) is 2.17. The van der Waals surface area contributed by atoms with Crippen molar-refractivity contribution in [3.05, 3.63) is 41.4 Å². The lowest BCUT2D eigenvalue weighted by atomic mass is 10.1. The van der Waals surface area contributed by atoms with Crippen molar-refractivity contribution >= 4 is 22.4 Å². The van der Waals surface area contributed by atoms with Crippen LogP contribution in [0.4, 0.5) is 0 Å². The summed E-state index contributed by atoms with van der Waals surface area (Å²) in [4.78, 5) is 0. The number of fused-ring (bicyclic) bond motifs is 1. The van der Waals surface area contributed by atoms with E-state index in [-0.39, 0.29) is 0 Å². The summed E-state index contributed by atoms with van der Waals surface area (Å²) in [5.41, 5.74) is 0. The maximum absolute atomic E-state index is 5.91. The van der Waals surface area contributed by atoms with E-state index in [2.05, 4.69) is 0 Å². The van der Waals surface area contributed by atoms with Gasteiger partial charge in [0.2, 0.25) is 0 Å². The SMILES string of the molecule is CCOc1ccc2ccc(Cl)cc2c1. The fraction of sp³-hybridized carbons (Fsp3) is 0.167. The molecular weight excluding hydrogens is 196 g/mol. The fourth-order valence-corrected chi connectivity index (χ4v) is 1.63. The number of hydrogen-bond donors (Lipinski definition) is 0. The zero-order valence-corrected chi connectivity index (χ0v) is 8.71. The summed E-state index contributed by atoms with van der Waals surface area (Å²) in [5.74, 6) is 0.891. The highest BCUT2D eigenvalue weighted by atomic mass is 35.5. The third-order valence-corrected chi connectivity index (χ3v) is 2.32. The molecule has 0 bridgehead atoms. The van der Waals surface area contributed by atoms with Gasteiger partial charge in [-0.15, -0.1) is 0 Å². The van der Waals surface area contributed by atoms with Gasteiger partial charge >= 0.3 is 0 Å². The van der Waals surface area contributed by atoms with Crippen molar-refractivity contribution < 1.29 is 4.74 Å². The minimum Gasteiger partial charge on any atom is -0.494 e. The van der Waals surface area contributed by atoms with Gasteiger partial charge in [-0.1, -0.05) is 23.7 Å². The van der Waals surface area contributed by atoms with E-state index in [1.165, 1.54) is 5.39 Å². The minimum atomic E-state index is 0.687. The van der Waals surface area contributed by atoms with Gasteiger partial charge in [-0.25, -0.2) is 0 Å². The van der Waals surface area contributed by atoms with Gasteiger partial charge in [0.1, 0.15) is 5.75 Å². The van der Waals surface area contributed by atoms with Gasteiger partial charge in [-0.3, -0.25) is 0 Å². The number of ether oxygens (including phenoxy) is 1. The van der Waals surface area contributed by atoms with Crippen molar-refractivity contribution in [3.8, 4) is 5.75 Å². The Morgan fingerprint density at radius 1 is 1.07 bits per heavy atom. The fourth-order valence-electron chi connectivity index (χ4n) is 1.45. The Bertz CT molecular complexity index is 451. The summed E-state index contributed by atoms with van der Waals surface area (Å²) in [6.45, 7) is 2.66. The molecule has 0 N–H and O–H groups in total. The monoisotopic (exact) mass is 206 g/mol. The van der Waals surface area contributed by atoms with E-state index < -0.39 is 0 Å². The second-order valence-corrected chi connectivity index (χ2v) is 3.52. The molecule has 0 saturated heterocycles. The summed E-state index contributed by atoms with van der Waals surface area (Å²) in [7, 11) is 0. The van der Waals surface area contributed by atoms with Crippen LogP contribution in [0.3, 0.4) is 0 Å². The lowest BCUT2D eigenvalue weighted by Crippen LogP contribution is -1.90. The maximum atomic E-state index is 5.91. The van der Waals surface area contributed by atoms with Crippen LogP contribution in [0.1, 0.15) is 6.92 Å². The highest BCUT2D eigenvalue weighted by Gasteiger charge is 1.97. The van der Waals surface area contributed by atoms with Gasteiger partial charge in [0.15, 0.2) is 0 Å². The molecule has 0 spiro atoms. The molecule has 14 heavy (non-hydrogen) atoms.